The zero-order valence-corrected chi connectivity index (χ0v) is 14.5. The summed E-state index contributed by atoms with van der Waals surface area (Å²) >= 11 is 4.97. The van der Waals surface area contributed by atoms with E-state index in [9.17, 15) is 36.7 Å². The molecule has 3 nitrogen and oxygen atoms in total. The van der Waals surface area contributed by atoms with Crippen molar-refractivity contribution in [3.8, 4) is 6.07 Å². The second kappa shape index (κ2) is 7.90. The topological polar surface area (TPSA) is 56.0 Å². The van der Waals surface area contributed by atoms with Crippen LogP contribution in [0.15, 0.2) is 54.1 Å². The second-order valence-electron chi connectivity index (χ2n) is 5.44. The summed E-state index contributed by atoms with van der Waals surface area (Å²) in [5.41, 5.74) is -2.22. The van der Waals surface area contributed by atoms with Crippen molar-refractivity contribution in [2.45, 2.75) is 12.4 Å². The zero-order chi connectivity index (χ0) is 21.1. The molecule has 0 aliphatic carbocycles. The molecular formula is C18H10F6N2OS. The minimum atomic E-state index is -4.56. The van der Waals surface area contributed by atoms with Crippen molar-refractivity contribution < 1.29 is 31.4 Å². The van der Waals surface area contributed by atoms with Gasteiger partial charge < -0.3 is 10.4 Å². The number of benzene rings is 2. The highest BCUT2D eigenvalue weighted by atomic mass is 32.1. The maximum atomic E-state index is 12.6. The van der Waals surface area contributed by atoms with Crippen molar-refractivity contribution in [3.05, 3.63) is 70.8 Å². The quantitative estimate of drug-likeness (QED) is 0.213. The fraction of sp³-hybridized carbons (Fsp3) is 0.111. The number of alkyl halides is 6. The van der Waals surface area contributed by atoms with Crippen molar-refractivity contribution in [1.29, 1.82) is 5.26 Å². The highest BCUT2D eigenvalue weighted by Gasteiger charge is 2.31. The van der Waals surface area contributed by atoms with Gasteiger partial charge in [0.05, 0.1) is 11.1 Å². The first-order valence-corrected chi connectivity index (χ1v) is 7.84. The number of rotatable bonds is 3. The van der Waals surface area contributed by atoms with Gasteiger partial charge in [0.1, 0.15) is 22.4 Å². The third kappa shape index (κ3) is 5.01. The molecule has 2 aromatic rings. The Morgan fingerprint density at radius 1 is 0.857 bits per heavy atom. The Bertz CT molecular complexity index is 939. The predicted octanol–water partition coefficient (Wildman–Crippen LogP) is 5.96. The minimum Gasteiger partial charge on any atom is -0.506 e. The van der Waals surface area contributed by atoms with E-state index >= 15 is 0 Å². The van der Waals surface area contributed by atoms with Crippen LogP contribution >= 0.6 is 12.2 Å². The van der Waals surface area contributed by atoms with Crippen LogP contribution in [0.25, 0.3) is 5.76 Å². The number of hydrogen-bond acceptors (Lipinski definition) is 3. The number of halogens is 6. The number of thiocarbonyl (C=S) groups is 1. The van der Waals surface area contributed by atoms with Gasteiger partial charge in [-0.05, 0) is 36.4 Å². The number of nitrogens with one attached hydrogen (secondary N) is 1. The Morgan fingerprint density at radius 2 is 1.29 bits per heavy atom. The summed E-state index contributed by atoms with van der Waals surface area (Å²) in [6, 6.07) is 8.79. The molecule has 0 unspecified atom stereocenters. The molecule has 0 heterocycles. The molecule has 0 atom stereocenters. The van der Waals surface area contributed by atoms with Crippen molar-refractivity contribution >= 4 is 28.7 Å². The van der Waals surface area contributed by atoms with Gasteiger partial charge in [-0.3, -0.25) is 0 Å². The lowest BCUT2D eigenvalue weighted by Gasteiger charge is -2.11. The van der Waals surface area contributed by atoms with Crippen LogP contribution in [0.1, 0.15) is 16.7 Å². The summed E-state index contributed by atoms with van der Waals surface area (Å²) in [4.78, 5) is -0.306. The molecule has 0 aliphatic heterocycles. The van der Waals surface area contributed by atoms with Gasteiger partial charge in [-0.25, -0.2) is 0 Å². The van der Waals surface area contributed by atoms with Crippen molar-refractivity contribution in [3.63, 3.8) is 0 Å². The van der Waals surface area contributed by atoms with E-state index in [1.807, 2.05) is 0 Å². The van der Waals surface area contributed by atoms with Crippen molar-refractivity contribution in [1.82, 2.24) is 0 Å². The standard InChI is InChI=1S/C18H10F6N2OS/c19-17(20,21)11-3-1-10(2-4-11)15(27)14(9-25)16(28)26-13-7-5-12(6-8-13)18(22,23)24/h1-8,27H,(H,26,28). The summed E-state index contributed by atoms with van der Waals surface area (Å²) in [5, 5.41) is 21.9. The Kier molecular flexibility index (Phi) is 5.99. The largest absolute Gasteiger partial charge is 0.506 e. The number of nitrogens with zero attached hydrogens (tertiary/aromatic N) is 1. The average Bonchev–Trinajstić information content (AvgIpc) is 2.61. The van der Waals surface area contributed by atoms with Crippen LogP contribution in [0.3, 0.4) is 0 Å². The molecule has 28 heavy (non-hydrogen) atoms. The van der Waals surface area contributed by atoms with Gasteiger partial charge >= 0.3 is 12.4 Å². The molecule has 0 spiro atoms. The number of anilines is 1. The summed E-state index contributed by atoms with van der Waals surface area (Å²) in [6.45, 7) is 0. The van der Waals surface area contributed by atoms with Crippen LogP contribution in [0.2, 0.25) is 0 Å². The lowest BCUT2D eigenvalue weighted by molar-refractivity contribution is -0.138. The molecule has 0 aromatic heterocycles. The van der Waals surface area contributed by atoms with Gasteiger partial charge in [0.2, 0.25) is 0 Å². The first-order valence-electron chi connectivity index (χ1n) is 7.43. The third-order valence-corrected chi connectivity index (χ3v) is 3.84. The molecular weight excluding hydrogens is 406 g/mol. The molecule has 146 valence electrons. The molecule has 0 radical (unpaired) electrons. The fourth-order valence-corrected chi connectivity index (χ4v) is 2.37. The smallest absolute Gasteiger partial charge is 0.416 e. The predicted molar refractivity (Wildman–Crippen MR) is 94.3 cm³/mol. The summed E-state index contributed by atoms with van der Waals surface area (Å²) in [6.07, 6.45) is -9.08. The van der Waals surface area contributed by atoms with Crippen LogP contribution in [-0.4, -0.2) is 10.1 Å². The monoisotopic (exact) mass is 416 g/mol. The van der Waals surface area contributed by atoms with Crippen LogP contribution in [0.5, 0.6) is 0 Å². The molecule has 0 amide bonds. The van der Waals surface area contributed by atoms with E-state index in [1.165, 1.54) is 0 Å². The van der Waals surface area contributed by atoms with Gasteiger partial charge in [-0.1, -0.05) is 24.4 Å². The van der Waals surface area contributed by atoms with Crippen LogP contribution in [0.4, 0.5) is 32.0 Å². The number of nitriles is 1. The van der Waals surface area contributed by atoms with E-state index in [0.29, 0.717) is 0 Å². The lowest BCUT2D eigenvalue weighted by Crippen LogP contribution is -2.13. The van der Waals surface area contributed by atoms with E-state index in [2.05, 4.69) is 5.32 Å². The maximum Gasteiger partial charge on any atom is 0.416 e. The first kappa shape index (κ1) is 21.2. The Balaban J connectivity index is 2.25. The lowest BCUT2D eigenvalue weighted by atomic mass is 10.1. The van der Waals surface area contributed by atoms with Gasteiger partial charge in [0.15, 0.2) is 0 Å². The summed E-state index contributed by atoms with van der Waals surface area (Å²) < 4.78 is 75.5. The van der Waals surface area contributed by atoms with Crippen molar-refractivity contribution in [2.75, 3.05) is 5.32 Å². The van der Waals surface area contributed by atoms with Gasteiger partial charge in [-0.15, -0.1) is 0 Å². The second-order valence-corrected chi connectivity index (χ2v) is 5.85. The average molecular weight is 416 g/mol. The molecule has 0 fully saturated rings. The SMILES string of the molecule is N#CC(C(=S)Nc1ccc(C(F)(F)F)cc1)=C(O)c1ccc(C(F)(F)F)cc1. The van der Waals surface area contributed by atoms with Gasteiger partial charge in [0.25, 0.3) is 0 Å². The highest BCUT2D eigenvalue weighted by Crippen LogP contribution is 2.31. The van der Waals surface area contributed by atoms with Crippen LogP contribution in [0, 0.1) is 11.3 Å². The van der Waals surface area contributed by atoms with Crippen LogP contribution < -0.4 is 5.32 Å². The summed E-state index contributed by atoms with van der Waals surface area (Å²) in [5.74, 6) is -0.666. The van der Waals surface area contributed by atoms with E-state index in [1.54, 1.807) is 6.07 Å². The third-order valence-electron chi connectivity index (χ3n) is 3.53. The Morgan fingerprint density at radius 3 is 1.68 bits per heavy atom. The number of aliphatic hydroxyl groups excluding tert-OH is 1. The minimum absolute atomic E-state index is 0.0823. The molecule has 2 rings (SSSR count). The van der Waals surface area contributed by atoms with Crippen molar-refractivity contribution in [2.24, 2.45) is 0 Å². The molecule has 10 heteroatoms. The molecule has 0 bridgehead atoms. The highest BCUT2D eigenvalue weighted by molar-refractivity contribution is 7.81. The molecule has 2 N–H and O–H groups in total. The van der Waals surface area contributed by atoms with E-state index in [4.69, 9.17) is 12.2 Å². The Labute approximate surface area is 160 Å². The Hall–Kier alpha value is -3.06. The van der Waals surface area contributed by atoms with E-state index in [0.717, 1.165) is 48.5 Å². The normalized spacial score (nSPS) is 12.8. The van der Waals surface area contributed by atoms with Gasteiger partial charge in [0, 0.05) is 11.3 Å². The summed E-state index contributed by atoms with van der Waals surface area (Å²) in [7, 11) is 0. The van der Waals surface area contributed by atoms with Gasteiger partial charge in [-0.2, -0.15) is 31.6 Å². The molecule has 0 saturated heterocycles. The van der Waals surface area contributed by atoms with Crippen LogP contribution in [-0.2, 0) is 12.4 Å². The number of hydrogen-bond donors (Lipinski definition) is 2. The maximum absolute atomic E-state index is 12.6. The zero-order valence-electron chi connectivity index (χ0n) is 13.7. The number of aliphatic hydroxyl groups is 1. The molecule has 0 aliphatic rings. The fourth-order valence-electron chi connectivity index (χ4n) is 2.11. The first-order chi connectivity index (χ1) is 12.9. The van der Waals surface area contributed by atoms with E-state index in [-0.39, 0.29) is 16.2 Å². The molecule has 0 saturated carbocycles. The van der Waals surface area contributed by atoms with E-state index < -0.39 is 34.8 Å². The molecule has 2 aromatic carbocycles.